The molecule has 6 nitrogen and oxygen atoms in total. The van der Waals surface area contributed by atoms with Crippen LogP contribution in [0.25, 0.3) is 0 Å². The number of aliphatic hydroxyl groups is 1. The molecular formula is C14H20N2O4. The highest BCUT2D eigenvalue weighted by atomic mass is 16.6. The number of rotatable bonds is 6. The molecule has 1 aliphatic rings. The molecule has 0 spiro atoms. The third kappa shape index (κ3) is 3.68. The molecule has 1 fully saturated rings. The van der Waals surface area contributed by atoms with Gasteiger partial charge in [0.05, 0.1) is 11.0 Å². The van der Waals surface area contributed by atoms with Crippen LogP contribution in [0.15, 0.2) is 18.2 Å². The Labute approximate surface area is 118 Å². The molecule has 1 heterocycles. The van der Waals surface area contributed by atoms with Crippen LogP contribution in [0, 0.1) is 10.1 Å². The highest BCUT2D eigenvalue weighted by molar-refractivity contribution is 5.44. The van der Waals surface area contributed by atoms with Gasteiger partial charge in [-0.15, -0.1) is 0 Å². The van der Waals surface area contributed by atoms with Crippen LogP contribution in [0.1, 0.15) is 31.4 Å². The van der Waals surface area contributed by atoms with Crippen molar-refractivity contribution in [3.8, 4) is 5.75 Å². The molecule has 110 valence electrons. The summed E-state index contributed by atoms with van der Waals surface area (Å²) in [7, 11) is 0. The van der Waals surface area contributed by atoms with E-state index in [2.05, 4.69) is 4.90 Å². The van der Waals surface area contributed by atoms with Gasteiger partial charge >= 0.3 is 0 Å². The molecule has 0 amide bonds. The third-order valence-electron chi connectivity index (χ3n) is 3.52. The molecule has 1 aromatic carbocycles. The first-order valence-corrected chi connectivity index (χ1v) is 6.89. The highest BCUT2D eigenvalue weighted by Gasteiger charge is 2.16. The summed E-state index contributed by atoms with van der Waals surface area (Å²) < 4.78 is 5.67. The van der Waals surface area contributed by atoms with Gasteiger partial charge in [-0.3, -0.25) is 15.0 Å². The number of ether oxygens (including phenoxy) is 1. The Morgan fingerprint density at radius 3 is 2.75 bits per heavy atom. The maximum Gasteiger partial charge on any atom is 0.270 e. The van der Waals surface area contributed by atoms with Crippen molar-refractivity contribution < 1.29 is 14.8 Å². The van der Waals surface area contributed by atoms with E-state index in [4.69, 9.17) is 4.74 Å². The molecule has 6 heteroatoms. The molecule has 0 aromatic heterocycles. The lowest BCUT2D eigenvalue weighted by Gasteiger charge is -2.17. The fourth-order valence-corrected chi connectivity index (χ4v) is 2.40. The van der Waals surface area contributed by atoms with Gasteiger partial charge in [0.2, 0.25) is 0 Å². The molecule has 1 aromatic rings. The minimum absolute atomic E-state index is 0.0345. The average molecular weight is 280 g/mol. The van der Waals surface area contributed by atoms with Gasteiger partial charge in [0.15, 0.2) is 0 Å². The monoisotopic (exact) mass is 280 g/mol. The first-order valence-electron chi connectivity index (χ1n) is 6.89. The molecule has 1 saturated heterocycles. The Hall–Kier alpha value is -1.66. The molecule has 20 heavy (non-hydrogen) atoms. The zero-order chi connectivity index (χ0) is 14.5. The SMILES string of the molecule is C[C@H](O)c1cc([N+](=O)[O-])ccc1OCCN1CCCC1. The number of nitro groups is 1. The number of hydrogen-bond donors (Lipinski definition) is 1. The van der Waals surface area contributed by atoms with E-state index < -0.39 is 11.0 Å². The van der Waals surface area contributed by atoms with Crippen molar-refractivity contribution in [1.29, 1.82) is 0 Å². The maximum atomic E-state index is 10.8. The number of nitro benzene ring substituents is 1. The minimum Gasteiger partial charge on any atom is -0.492 e. The second-order valence-electron chi connectivity index (χ2n) is 5.05. The number of benzene rings is 1. The smallest absolute Gasteiger partial charge is 0.270 e. The maximum absolute atomic E-state index is 10.8. The van der Waals surface area contributed by atoms with Crippen LogP contribution in [0.3, 0.4) is 0 Å². The third-order valence-corrected chi connectivity index (χ3v) is 3.52. The zero-order valence-corrected chi connectivity index (χ0v) is 11.6. The van der Waals surface area contributed by atoms with Gasteiger partial charge in [-0.05, 0) is 38.9 Å². The standard InChI is InChI=1S/C14H20N2O4/c1-11(17)13-10-12(16(18)19)4-5-14(13)20-9-8-15-6-2-3-7-15/h4-5,10-11,17H,2-3,6-9H2,1H3/t11-/m0/s1. The first-order chi connectivity index (χ1) is 9.58. The summed E-state index contributed by atoms with van der Waals surface area (Å²) in [5, 5.41) is 20.5. The summed E-state index contributed by atoms with van der Waals surface area (Å²) in [5.74, 6) is 0.518. The van der Waals surface area contributed by atoms with E-state index in [-0.39, 0.29) is 5.69 Å². The molecule has 1 atom stereocenters. The predicted molar refractivity (Wildman–Crippen MR) is 74.9 cm³/mol. The summed E-state index contributed by atoms with van der Waals surface area (Å²) in [5.41, 5.74) is 0.424. The predicted octanol–water partition coefficient (Wildman–Crippen LogP) is 2.12. The molecule has 1 aliphatic heterocycles. The molecule has 2 rings (SSSR count). The van der Waals surface area contributed by atoms with Crippen LogP contribution in [0.4, 0.5) is 5.69 Å². The van der Waals surface area contributed by atoms with E-state index >= 15 is 0 Å². The van der Waals surface area contributed by atoms with Crippen LogP contribution in [-0.2, 0) is 0 Å². The summed E-state index contributed by atoms with van der Waals surface area (Å²) in [6.07, 6.45) is 1.67. The van der Waals surface area contributed by atoms with E-state index in [1.165, 1.54) is 25.0 Å². The number of nitrogens with zero attached hydrogens (tertiary/aromatic N) is 2. The fourth-order valence-electron chi connectivity index (χ4n) is 2.40. The van der Waals surface area contributed by atoms with Gasteiger partial charge in [0, 0.05) is 24.2 Å². The molecule has 0 unspecified atom stereocenters. The van der Waals surface area contributed by atoms with Crippen LogP contribution < -0.4 is 4.74 Å². The topological polar surface area (TPSA) is 75.8 Å². The van der Waals surface area contributed by atoms with E-state index in [9.17, 15) is 15.2 Å². The Morgan fingerprint density at radius 1 is 1.45 bits per heavy atom. The van der Waals surface area contributed by atoms with Crippen LogP contribution in [-0.4, -0.2) is 41.2 Å². The van der Waals surface area contributed by atoms with Crippen molar-refractivity contribution in [3.63, 3.8) is 0 Å². The molecule has 0 aliphatic carbocycles. The fraction of sp³-hybridized carbons (Fsp3) is 0.571. The van der Waals surface area contributed by atoms with Crippen LogP contribution >= 0.6 is 0 Å². The number of likely N-dealkylation sites (tertiary alicyclic amines) is 1. The van der Waals surface area contributed by atoms with Crippen LogP contribution in [0.2, 0.25) is 0 Å². The van der Waals surface area contributed by atoms with Crippen LogP contribution in [0.5, 0.6) is 5.75 Å². The molecule has 0 bridgehead atoms. The van der Waals surface area contributed by atoms with Gasteiger partial charge in [-0.1, -0.05) is 0 Å². The quantitative estimate of drug-likeness (QED) is 0.638. The summed E-state index contributed by atoms with van der Waals surface area (Å²) in [4.78, 5) is 12.6. The van der Waals surface area contributed by atoms with Gasteiger partial charge in [0.25, 0.3) is 5.69 Å². The Balaban J connectivity index is 2.00. The normalized spacial score (nSPS) is 17.1. The largest absolute Gasteiger partial charge is 0.492 e. The molecule has 0 saturated carbocycles. The highest BCUT2D eigenvalue weighted by Crippen LogP contribution is 2.29. The van der Waals surface area contributed by atoms with Crippen molar-refractivity contribution in [1.82, 2.24) is 4.90 Å². The van der Waals surface area contributed by atoms with Crippen molar-refractivity contribution >= 4 is 5.69 Å². The van der Waals surface area contributed by atoms with Gasteiger partial charge in [0.1, 0.15) is 12.4 Å². The Bertz CT molecular complexity index is 470. The number of non-ortho nitro benzene ring substituents is 1. The summed E-state index contributed by atoms with van der Waals surface area (Å²) in [6, 6.07) is 4.33. The molecule has 1 N–H and O–H groups in total. The van der Waals surface area contributed by atoms with E-state index in [1.54, 1.807) is 13.0 Å². The Kier molecular flexibility index (Phi) is 4.92. The van der Waals surface area contributed by atoms with Crippen molar-refractivity contribution in [2.75, 3.05) is 26.2 Å². The summed E-state index contributed by atoms with van der Waals surface area (Å²) in [6.45, 7) is 5.15. The molecular weight excluding hydrogens is 260 g/mol. The molecule has 0 radical (unpaired) electrons. The second-order valence-corrected chi connectivity index (χ2v) is 5.05. The van der Waals surface area contributed by atoms with Gasteiger partial charge in [-0.25, -0.2) is 0 Å². The lowest BCUT2D eigenvalue weighted by Crippen LogP contribution is -2.25. The zero-order valence-electron chi connectivity index (χ0n) is 11.6. The Morgan fingerprint density at radius 2 is 2.15 bits per heavy atom. The first kappa shape index (κ1) is 14.7. The van der Waals surface area contributed by atoms with Crippen molar-refractivity contribution in [2.24, 2.45) is 0 Å². The van der Waals surface area contributed by atoms with Crippen molar-refractivity contribution in [3.05, 3.63) is 33.9 Å². The lowest BCUT2D eigenvalue weighted by molar-refractivity contribution is -0.385. The van der Waals surface area contributed by atoms with Gasteiger partial charge < -0.3 is 9.84 Å². The minimum atomic E-state index is -0.795. The number of aliphatic hydroxyl groups excluding tert-OH is 1. The van der Waals surface area contributed by atoms with E-state index in [0.717, 1.165) is 19.6 Å². The number of hydrogen-bond acceptors (Lipinski definition) is 5. The second kappa shape index (κ2) is 6.67. The average Bonchev–Trinajstić information content (AvgIpc) is 2.91. The van der Waals surface area contributed by atoms with Crippen molar-refractivity contribution in [2.45, 2.75) is 25.9 Å². The van der Waals surface area contributed by atoms with Gasteiger partial charge in [-0.2, -0.15) is 0 Å². The van der Waals surface area contributed by atoms with E-state index in [1.807, 2.05) is 0 Å². The lowest BCUT2D eigenvalue weighted by atomic mass is 10.1. The summed E-state index contributed by atoms with van der Waals surface area (Å²) >= 11 is 0. The van der Waals surface area contributed by atoms with E-state index in [0.29, 0.717) is 17.9 Å².